The van der Waals surface area contributed by atoms with Crippen molar-refractivity contribution in [3.8, 4) is 0 Å². The summed E-state index contributed by atoms with van der Waals surface area (Å²) in [5.41, 5.74) is 10.3. The third-order valence-electron chi connectivity index (χ3n) is 1.56. The summed E-state index contributed by atoms with van der Waals surface area (Å²) in [4.78, 5) is 10.2. The number of guanidine groups is 1. The molecule has 0 aliphatic rings. The minimum absolute atomic E-state index is 0.0797. The summed E-state index contributed by atoms with van der Waals surface area (Å²) in [6, 6.07) is 4.56. The SMILES string of the molecule is NC(N)=N/N=C/c1ccc(Br)cc1[N+](=O)[O-]. The van der Waals surface area contributed by atoms with Gasteiger partial charge in [0.05, 0.1) is 16.7 Å². The Kier molecular flexibility index (Phi) is 3.95. The molecule has 0 fully saturated rings. The maximum Gasteiger partial charge on any atom is 0.279 e. The van der Waals surface area contributed by atoms with Gasteiger partial charge in [0.1, 0.15) is 0 Å². The highest BCUT2D eigenvalue weighted by molar-refractivity contribution is 9.10. The van der Waals surface area contributed by atoms with Crippen molar-refractivity contribution in [2.24, 2.45) is 21.7 Å². The molecule has 1 aromatic carbocycles. The molecule has 16 heavy (non-hydrogen) atoms. The third-order valence-corrected chi connectivity index (χ3v) is 2.05. The van der Waals surface area contributed by atoms with Crippen molar-refractivity contribution in [1.29, 1.82) is 0 Å². The lowest BCUT2D eigenvalue weighted by molar-refractivity contribution is -0.385. The number of nitrogens with zero attached hydrogens (tertiary/aromatic N) is 3. The Bertz CT molecular complexity index is 467. The molecule has 0 aromatic heterocycles. The van der Waals surface area contributed by atoms with E-state index in [9.17, 15) is 10.1 Å². The number of nitro groups is 1. The maximum absolute atomic E-state index is 10.7. The van der Waals surface area contributed by atoms with Crippen molar-refractivity contribution in [3.05, 3.63) is 38.3 Å². The number of halogens is 1. The van der Waals surface area contributed by atoms with E-state index in [-0.39, 0.29) is 11.6 Å². The largest absolute Gasteiger partial charge is 0.369 e. The average Bonchev–Trinajstić information content (AvgIpc) is 2.19. The van der Waals surface area contributed by atoms with Gasteiger partial charge in [0.15, 0.2) is 0 Å². The number of benzene rings is 1. The van der Waals surface area contributed by atoms with E-state index in [0.29, 0.717) is 10.0 Å². The monoisotopic (exact) mass is 285 g/mol. The van der Waals surface area contributed by atoms with Gasteiger partial charge in [0.25, 0.3) is 5.69 Å². The van der Waals surface area contributed by atoms with Crippen LogP contribution in [0.2, 0.25) is 0 Å². The van der Waals surface area contributed by atoms with Gasteiger partial charge in [-0.15, -0.1) is 5.10 Å². The van der Waals surface area contributed by atoms with E-state index >= 15 is 0 Å². The van der Waals surface area contributed by atoms with E-state index in [4.69, 9.17) is 11.5 Å². The van der Waals surface area contributed by atoms with Gasteiger partial charge in [-0.1, -0.05) is 15.9 Å². The summed E-state index contributed by atoms with van der Waals surface area (Å²) in [7, 11) is 0. The normalized spacial score (nSPS) is 10.3. The molecule has 84 valence electrons. The summed E-state index contributed by atoms with van der Waals surface area (Å²) in [5.74, 6) is -0.212. The summed E-state index contributed by atoms with van der Waals surface area (Å²) in [5, 5.41) is 17.6. The lowest BCUT2D eigenvalue weighted by Crippen LogP contribution is -2.21. The van der Waals surface area contributed by atoms with Crippen LogP contribution in [0, 0.1) is 10.1 Å². The fourth-order valence-corrected chi connectivity index (χ4v) is 1.29. The van der Waals surface area contributed by atoms with Crippen molar-refractivity contribution >= 4 is 33.8 Å². The first-order valence-electron chi connectivity index (χ1n) is 4.06. The lowest BCUT2D eigenvalue weighted by Gasteiger charge is -1.96. The predicted octanol–water partition coefficient (Wildman–Crippen LogP) is 0.965. The maximum atomic E-state index is 10.7. The molecule has 7 nitrogen and oxygen atoms in total. The standard InChI is InChI=1S/C8H8BrN5O2/c9-6-2-1-5(4-12-13-8(10)11)7(3-6)14(15)16/h1-4H,(H4,10,11,13)/b12-4+. The molecule has 0 aliphatic heterocycles. The fourth-order valence-electron chi connectivity index (χ4n) is 0.942. The summed E-state index contributed by atoms with van der Waals surface area (Å²) in [6.45, 7) is 0. The van der Waals surface area contributed by atoms with E-state index in [0.717, 1.165) is 0 Å². The number of rotatable bonds is 3. The zero-order valence-corrected chi connectivity index (χ0v) is 9.59. The second kappa shape index (κ2) is 5.21. The van der Waals surface area contributed by atoms with Gasteiger partial charge in [-0.3, -0.25) is 10.1 Å². The molecular weight excluding hydrogens is 278 g/mol. The van der Waals surface area contributed by atoms with Crippen molar-refractivity contribution in [3.63, 3.8) is 0 Å². The minimum Gasteiger partial charge on any atom is -0.369 e. The molecular formula is C8H8BrN5O2. The molecule has 0 unspecified atom stereocenters. The Hall–Kier alpha value is -1.96. The molecule has 0 heterocycles. The van der Waals surface area contributed by atoms with E-state index in [1.54, 1.807) is 6.07 Å². The van der Waals surface area contributed by atoms with Crippen molar-refractivity contribution in [2.45, 2.75) is 0 Å². The number of nitrogens with two attached hydrogens (primary N) is 2. The Morgan fingerprint density at radius 1 is 1.50 bits per heavy atom. The smallest absolute Gasteiger partial charge is 0.279 e. The zero-order valence-electron chi connectivity index (χ0n) is 8.00. The summed E-state index contributed by atoms with van der Waals surface area (Å²) < 4.78 is 0.609. The Morgan fingerprint density at radius 3 is 2.75 bits per heavy atom. The van der Waals surface area contributed by atoms with E-state index in [1.807, 2.05) is 0 Å². The first kappa shape index (κ1) is 12.1. The molecule has 0 radical (unpaired) electrons. The molecule has 0 bridgehead atoms. The number of hydrogen-bond acceptors (Lipinski definition) is 4. The molecule has 0 atom stereocenters. The first-order valence-corrected chi connectivity index (χ1v) is 4.86. The van der Waals surface area contributed by atoms with Gasteiger partial charge in [-0.05, 0) is 12.1 Å². The zero-order chi connectivity index (χ0) is 12.1. The Balaban J connectivity index is 3.09. The van der Waals surface area contributed by atoms with Crippen LogP contribution in [0.3, 0.4) is 0 Å². The second-order valence-electron chi connectivity index (χ2n) is 2.73. The van der Waals surface area contributed by atoms with Crippen molar-refractivity contribution in [2.75, 3.05) is 0 Å². The van der Waals surface area contributed by atoms with Crippen LogP contribution in [0.25, 0.3) is 0 Å². The Morgan fingerprint density at radius 2 is 2.19 bits per heavy atom. The highest BCUT2D eigenvalue weighted by Crippen LogP contribution is 2.22. The molecule has 0 spiro atoms. The molecule has 0 saturated carbocycles. The summed E-state index contributed by atoms with van der Waals surface area (Å²) in [6.07, 6.45) is 1.21. The van der Waals surface area contributed by atoms with E-state index in [1.165, 1.54) is 18.3 Å². The van der Waals surface area contributed by atoms with E-state index in [2.05, 4.69) is 26.1 Å². The van der Waals surface area contributed by atoms with E-state index < -0.39 is 4.92 Å². The van der Waals surface area contributed by atoms with Crippen molar-refractivity contribution in [1.82, 2.24) is 0 Å². The predicted molar refractivity (Wildman–Crippen MR) is 64.2 cm³/mol. The molecule has 1 aromatic rings. The van der Waals surface area contributed by atoms with Crippen molar-refractivity contribution < 1.29 is 4.92 Å². The van der Waals surface area contributed by atoms with Crippen LogP contribution in [0.5, 0.6) is 0 Å². The fraction of sp³-hybridized carbons (Fsp3) is 0. The molecule has 0 amide bonds. The highest BCUT2D eigenvalue weighted by atomic mass is 79.9. The summed E-state index contributed by atoms with van der Waals surface area (Å²) >= 11 is 3.14. The minimum atomic E-state index is -0.512. The number of nitro benzene ring substituents is 1. The molecule has 8 heteroatoms. The molecule has 1 rings (SSSR count). The van der Waals surface area contributed by atoms with Crippen LogP contribution in [0.15, 0.2) is 32.9 Å². The topological polar surface area (TPSA) is 120 Å². The van der Waals surface area contributed by atoms with Crippen LogP contribution in [-0.2, 0) is 0 Å². The average molecular weight is 286 g/mol. The highest BCUT2D eigenvalue weighted by Gasteiger charge is 2.11. The van der Waals surface area contributed by atoms with Crippen LogP contribution in [0.4, 0.5) is 5.69 Å². The van der Waals surface area contributed by atoms with Gasteiger partial charge in [-0.25, -0.2) is 0 Å². The van der Waals surface area contributed by atoms with Crippen LogP contribution >= 0.6 is 15.9 Å². The second-order valence-corrected chi connectivity index (χ2v) is 3.65. The Labute approximate surface area is 99.1 Å². The molecule has 0 saturated heterocycles. The van der Waals surface area contributed by atoms with Gasteiger partial charge in [0, 0.05) is 10.5 Å². The van der Waals surface area contributed by atoms with Crippen LogP contribution in [0.1, 0.15) is 5.56 Å². The van der Waals surface area contributed by atoms with Gasteiger partial charge >= 0.3 is 0 Å². The van der Waals surface area contributed by atoms with Gasteiger partial charge in [-0.2, -0.15) is 5.10 Å². The first-order chi connectivity index (χ1) is 7.50. The third kappa shape index (κ3) is 3.31. The molecule has 4 N–H and O–H groups in total. The molecule has 0 aliphatic carbocycles. The quantitative estimate of drug-likeness (QED) is 0.372. The van der Waals surface area contributed by atoms with Crippen LogP contribution < -0.4 is 11.5 Å². The lowest BCUT2D eigenvalue weighted by atomic mass is 10.2. The number of hydrogen-bond donors (Lipinski definition) is 2. The van der Waals surface area contributed by atoms with Gasteiger partial charge < -0.3 is 11.5 Å². The van der Waals surface area contributed by atoms with Crippen LogP contribution in [-0.4, -0.2) is 17.1 Å². The van der Waals surface area contributed by atoms with Gasteiger partial charge in [0.2, 0.25) is 5.96 Å².